The normalized spacial score (nSPS) is 20.4. The summed E-state index contributed by atoms with van der Waals surface area (Å²) in [6, 6.07) is 8.57. The summed E-state index contributed by atoms with van der Waals surface area (Å²) in [4.78, 5) is 12.3. The molecule has 25 heavy (non-hydrogen) atoms. The zero-order chi connectivity index (χ0) is 17.8. The van der Waals surface area contributed by atoms with Crippen molar-refractivity contribution < 1.29 is 4.79 Å². The number of rotatable bonds is 5. The standard InChI is InChI=1S/C19H26N4OS/c1-13-8-10-16(11-9-13)23-15(3)21-22-19(23)25-12-18(24)20-17-7-5-4-6-14(17)2/h8-11,14,17H,4-7,12H2,1-3H3,(H,20,24). The number of amides is 1. The van der Waals surface area contributed by atoms with E-state index in [1.54, 1.807) is 0 Å². The van der Waals surface area contributed by atoms with E-state index in [0.717, 1.165) is 23.1 Å². The molecule has 1 aliphatic rings. The Morgan fingerprint density at radius 2 is 1.92 bits per heavy atom. The lowest BCUT2D eigenvalue weighted by Gasteiger charge is -2.29. The van der Waals surface area contributed by atoms with Gasteiger partial charge in [-0.3, -0.25) is 9.36 Å². The molecule has 2 aromatic rings. The van der Waals surface area contributed by atoms with Crippen LogP contribution in [0.15, 0.2) is 29.4 Å². The topological polar surface area (TPSA) is 59.8 Å². The van der Waals surface area contributed by atoms with Gasteiger partial charge in [-0.15, -0.1) is 10.2 Å². The summed E-state index contributed by atoms with van der Waals surface area (Å²) in [5, 5.41) is 12.4. The minimum absolute atomic E-state index is 0.0832. The van der Waals surface area contributed by atoms with Crippen LogP contribution in [0.3, 0.4) is 0 Å². The van der Waals surface area contributed by atoms with Crippen LogP contribution in [0.5, 0.6) is 0 Å². The minimum Gasteiger partial charge on any atom is -0.352 e. The van der Waals surface area contributed by atoms with Crippen LogP contribution in [-0.2, 0) is 4.79 Å². The maximum Gasteiger partial charge on any atom is 0.230 e. The van der Waals surface area contributed by atoms with Gasteiger partial charge in [-0.05, 0) is 44.7 Å². The molecule has 1 heterocycles. The monoisotopic (exact) mass is 358 g/mol. The lowest BCUT2D eigenvalue weighted by molar-refractivity contribution is -0.119. The predicted octanol–water partition coefficient (Wildman–Crippen LogP) is 3.67. The van der Waals surface area contributed by atoms with Crippen molar-refractivity contribution >= 4 is 17.7 Å². The highest BCUT2D eigenvalue weighted by Crippen LogP contribution is 2.25. The second kappa shape index (κ2) is 8.04. The maximum atomic E-state index is 12.3. The summed E-state index contributed by atoms with van der Waals surface area (Å²) in [6.45, 7) is 6.23. The van der Waals surface area contributed by atoms with Crippen molar-refractivity contribution in [3.8, 4) is 5.69 Å². The first-order chi connectivity index (χ1) is 12.0. The van der Waals surface area contributed by atoms with Crippen molar-refractivity contribution in [2.75, 3.05) is 5.75 Å². The molecule has 0 saturated heterocycles. The molecule has 6 heteroatoms. The SMILES string of the molecule is Cc1ccc(-n2c(C)nnc2SCC(=O)NC2CCCCC2C)cc1. The molecule has 2 unspecified atom stereocenters. The summed E-state index contributed by atoms with van der Waals surface area (Å²) in [5.41, 5.74) is 2.24. The van der Waals surface area contributed by atoms with E-state index in [1.807, 2.05) is 11.5 Å². The first kappa shape index (κ1) is 18.0. The van der Waals surface area contributed by atoms with E-state index >= 15 is 0 Å². The Bertz CT molecular complexity index is 726. The number of carbonyl (C=O) groups excluding carboxylic acids is 1. The van der Waals surface area contributed by atoms with Crippen LogP contribution in [0, 0.1) is 19.8 Å². The van der Waals surface area contributed by atoms with Crippen LogP contribution < -0.4 is 5.32 Å². The Labute approximate surface area is 153 Å². The molecule has 1 saturated carbocycles. The van der Waals surface area contributed by atoms with Gasteiger partial charge in [0, 0.05) is 11.7 Å². The number of aromatic nitrogens is 3. The summed E-state index contributed by atoms with van der Waals surface area (Å²) in [7, 11) is 0. The van der Waals surface area contributed by atoms with E-state index in [9.17, 15) is 4.79 Å². The molecular formula is C19H26N4OS. The molecule has 1 aliphatic carbocycles. The third kappa shape index (κ3) is 4.42. The molecule has 1 aromatic heterocycles. The minimum atomic E-state index is 0.0832. The zero-order valence-corrected chi connectivity index (χ0v) is 16.0. The van der Waals surface area contributed by atoms with E-state index in [0.29, 0.717) is 17.7 Å². The quantitative estimate of drug-likeness (QED) is 0.829. The number of aryl methyl sites for hydroxylation is 2. The first-order valence-electron chi connectivity index (χ1n) is 8.96. The van der Waals surface area contributed by atoms with E-state index in [4.69, 9.17) is 0 Å². The van der Waals surface area contributed by atoms with Gasteiger partial charge in [0.25, 0.3) is 0 Å². The molecule has 5 nitrogen and oxygen atoms in total. The number of nitrogens with zero attached hydrogens (tertiary/aromatic N) is 3. The van der Waals surface area contributed by atoms with Crippen molar-refractivity contribution in [3.63, 3.8) is 0 Å². The van der Waals surface area contributed by atoms with Gasteiger partial charge in [0.1, 0.15) is 5.82 Å². The summed E-state index contributed by atoms with van der Waals surface area (Å²) < 4.78 is 2.00. The van der Waals surface area contributed by atoms with E-state index < -0.39 is 0 Å². The fourth-order valence-electron chi connectivity index (χ4n) is 3.34. The molecular weight excluding hydrogens is 332 g/mol. The molecule has 3 rings (SSSR count). The Balaban J connectivity index is 1.63. The Morgan fingerprint density at radius 1 is 1.20 bits per heavy atom. The molecule has 1 N–H and O–H groups in total. The Morgan fingerprint density at radius 3 is 2.64 bits per heavy atom. The fraction of sp³-hybridized carbons (Fsp3) is 0.526. The van der Waals surface area contributed by atoms with Gasteiger partial charge in [-0.2, -0.15) is 0 Å². The zero-order valence-electron chi connectivity index (χ0n) is 15.2. The molecule has 0 aliphatic heterocycles. The van der Waals surface area contributed by atoms with Crippen molar-refractivity contribution in [2.45, 2.75) is 57.7 Å². The molecule has 1 aromatic carbocycles. The van der Waals surface area contributed by atoms with Crippen LogP contribution in [0.2, 0.25) is 0 Å². The largest absolute Gasteiger partial charge is 0.352 e. The second-order valence-corrected chi connectivity index (χ2v) is 7.87. The molecule has 134 valence electrons. The third-order valence-electron chi connectivity index (χ3n) is 4.88. The van der Waals surface area contributed by atoms with Crippen LogP contribution >= 0.6 is 11.8 Å². The number of carbonyl (C=O) groups is 1. The first-order valence-corrected chi connectivity index (χ1v) is 9.94. The number of thioether (sulfide) groups is 1. The highest BCUT2D eigenvalue weighted by atomic mass is 32.2. The highest BCUT2D eigenvalue weighted by molar-refractivity contribution is 7.99. The van der Waals surface area contributed by atoms with Crippen LogP contribution in [0.25, 0.3) is 5.69 Å². The van der Waals surface area contributed by atoms with Gasteiger partial charge in [0.15, 0.2) is 5.16 Å². The number of hydrogen-bond acceptors (Lipinski definition) is 4. The number of benzene rings is 1. The van der Waals surface area contributed by atoms with Crippen LogP contribution in [0.4, 0.5) is 0 Å². The number of nitrogens with one attached hydrogen (secondary N) is 1. The van der Waals surface area contributed by atoms with Gasteiger partial charge in [0.05, 0.1) is 5.75 Å². The lowest BCUT2D eigenvalue weighted by Crippen LogP contribution is -2.41. The average Bonchev–Trinajstić information content (AvgIpc) is 2.97. The lowest BCUT2D eigenvalue weighted by atomic mass is 9.86. The van der Waals surface area contributed by atoms with Gasteiger partial charge in [0.2, 0.25) is 5.91 Å². The highest BCUT2D eigenvalue weighted by Gasteiger charge is 2.23. The smallest absolute Gasteiger partial charge is 0.230 e. The molecule has 1 amide bonds. The fourth-order valence-corrected chi connectivity index (χ4v) is 4.15. The van der Waals surface area contributed by atoms with Gasteiger partial charge < -0.3 is 5.32 Å². The second-order valence-electron chi connectivity index (χ2n) is 6.93. The third-order valence-corrected chi connectivity index (χ3v) is 5.81. The van der Waals surface area contributed by atoms with Gasteiger partial charge in [-0.25, -0.2) is 0 Å². The van der Waals surface area contributed by atoms with E-state index in [2.05, 4.69) is 53.6 Å². The average molecular weight is 359 g/mol. The van der Waals surface area contributed by atoms with E-state index in [1.165, 1.54) is 36.6 Å². The molecule has 0 spiro atoms. The molecule has 0 bridgehead atoms. The van der Waals surface area contributed by atoms with Crippen molar-refractivity contribution in [2.24, 2.45) is 5.92 Å². The predicted molar refractivity (Wildman–Crippen MR) is 101 cm³/mol. The maximum absolute atomic E-state index is 12.3. The summed E-state index contributed by atoms with van der Waals surface area (Å²) in [6.07, 6.45) is 4.79. The summed E-state index contributed by atoms with van der Waals surface area (Å²) in [5.74, 6) is 1.85. The van der Waals surface area contributed by atoms with Crippen molar-refractivity contribution in [1.29, 1.82) is 0 Å². The summed E-state index contributed by atoms with van der Waals surface area (Å²) >= 11 is 1.44. The van der Waals surface area contributed by atoms with Crippen LogP contribution in [-0.4, -0.2) is 32.5 Å². The van der Waals surface area contributed by atoms with Gasteiger partial charge in [-0.1, -0.05) is 49.2 Å². The molecule has 1 fully saturated rings. The Kier molecular flexibility index (Phi) is 5.78. The number of hydrogen-bond donors (Lipinski definition) is 1. The molecule has 2 atom stereocenters. The molecule has 0 radical (unpaired) electrons. The van der Waals surface area contributed by atoms with E-state index in [-0.39, 0.29) is 5.91 Å². The van der Waals surface area contributed by atoms with Crippen molar-refractivity contribution in [1.82, 2.24) is 20.1 Å². The van der Waals surface area contributed by atoms with Crippen LogP contribution in [0.1, 0.15) is 44.0 Å². The Hall–Kier alpha value is -1.82. The van der Waals surface area contributed by atoms with Gasteiger partial charge >= 0.3 is 0 Å². The van der Waals surface area contributed by atoms with Crippen molar-refractivity contribution in [3.05, 3.63) is 35.7 Å².